The van der Waals surface area contributed by atoms with Gasteiger partial charge >= 0.3 is 0 Å². The Bertz CT molecular complexity index is 544. The van der Waals surface area contributed by atoms with Crippen molar-refractivity contribution < 1.29 is 4.74 Å². The van der Waals surface area contributed by atoms with Gasteiger partial charge in [-0.3, -0.25) is 0 Å². The minimum atomic E-state index is 0.695. The van der Waals surface area contributed by atoms with Crippen molar-refractivity contribution in [2.24, 2.45) is 0 Å². The molecule has 3 rings (SSSR count). The molecule has 2 aromatic rings. The van der Waals surface area contributed by atoms with Crippen molar-refractivity contribution in [3.05, 3.63) is 42.0 Å². The predicted molar refractivity (Wildman–Crippen MR) is 75.3 cm³/mol. The monoisotopic (exact) mass is 241 g/mol. The summed E-state index contributed by atoms with van der Waals surface area (Å²) in [7, 11) is 1.74. The van der Waals surface area contributed by atoms with E-state index in [0.717, 1.165) is 18.8 Å². The molecule has 1 saturated heterocycles. The molecule has 1 aliphatic rings. The van der Waals surface area contributed by atoms with E-state index in [1.54, 1.807) is 7.11 Å². The van der Waals surface area contributed by atoms with Crippen LogP contribution in [0.4, 0.5) is 0 Å². The zero-order chi connectivity index (χ0) is 12.4. The summed E-state index contributed by atoms with van der Waals surface area (Å²) >= 11 is 0. The Labute approximate surface area is 108 Å². The van der Waals surface area contributed by atoms with E-state index in [1.807, 2.05) is 12.1 Å². The highest BCUT2D eigenvalue weighted by molar-refractivity contribution is 5.89. The maximum atomic E-state index is 5.46. The van der Waals surface area contributed by atoms with Gasteiger partial charge in [0, 0.05) is 5.39 Å². The van der Waals surface area contributed by atoms with Crippen LogP contribution in [0.3, 0.4) is 0 Å². The molecule has 0 amide bonds. The Morgan fingerprint density at radius 3 is 2.72 bits per heavy atom. The maximum Gasteiger partial charge on any atom is 0.126 e. The van der Waals surface area contributed by atoms with Gasteiger partial charge in [-0.1, -0.05) is 24.3 Å². The van der Waals surface area contributed by atoms with Gasteiger partial charge in [0.05, 0.1) is 7.11 Å². The molecule has 0 radical (unpaired) electrons. The van der Waals surface area contributed by atoms with E-state index >= 15 is 0 Å². The van der Waals surface area contributed by atoms with Crippen LogP contribution in [0.2, 0.25) is 0 Å². The lowest BCUT2D eigenvalue weighted by molar-refractivity contribution is 0.419. The van der Waals surface area contributed by atoms with Gasteiger partial charge in [0.15, 0.2) is 0 Å². The molecule has 1 N–H and O–H groups in total. The van der Waals surface area contributed by atoms with Gasteiger partial charge in [-0.15, -0.1) is 0 Å². The van der Waals surface area contributed by atoms with Gasteiger partial charge in [-0.25, -0.2) is 0 Å². The molecule has 0 unspecified atom stereocenters. The molecule has 0 bridgehead atoms. The first kappa shape index (κ1) is 11.5. The standard InChI is InChI=1S/C16H19NO/c1-18-16-4-2-3-13-5-6-14(11-15(13)16)12-7-9-17-10-8-12/h2-6,11-12,17H,7-10H2,1H3. The summed E-state index contributed by atoms with van der Waals surface area (Å²) in [6.45, 7) is 2.27. The molecule has 0 aliphatic carbocycles. The fourth-order valence-corrected chi connectivity index (χ4v) is 2.85. The summed E-state index contributed by atoms with van der Waals surface area (Å²) in [5.41, 5.74) is 1.45. The number of piperidine rings is 1. The summed E-state index contributed by atoms with van der Waals surface area (Å²) in [6.07, 6.45) is 2.47. The average molecular weight is 241 g/mol. The fraction of sp³-hybridized carbons (Fsp3) is 0.375. The topological polar surface area (TPSA) is 21.3 Å². The third-order valence-electron chi connectivity index (χ3n) is 3.90. The highest BCUT2D eigenvalue weighted by Gasteiger charge is 2.15. The summed E-state index contributed by atoms with van der Waals surface area (Å²) in [5, 5.41) is 5.91. The number of fused-ring (bicyclic) bond motifs is 1. The molecule has 18 heavy (non-hydrogen) atoms. The van der Waals surface area contributed by atoms with Crippen LogP contribution in [0.1, 0.15) is 24.3 Å². The van der Waals surface area contributed by atoms with Gasteiger partial charge < -0.3 is 10.1 Å². The molecular weight excluding hydrogens is 222 g/mol. The molecule has 94 valence electrons. The first-order valence-electron chi connectivity index (χ1n) is 6.66. The van der Waals surface area contributed by atoms with Crippen LogP contribution in [-0.4, -0.2) is 20.2 Å². The lowest BCUT2D eigenvalue weighted by atomic mass is 9.89. The van der Waals surface area contributed by atoms with Crippen molar-refractivity contribution in [1.29, 1.82) is 0 Å². The Hall–Kier alpha value is -1.54. The summed E-state index contributed by atoms with van der Waals surface area (Å²) in [6, 6.07) is 13.0. The lowest BCUT2D eigenvalue weighted by Gasteiger charge is -2.23. The number of benzene rings is 2. The number of methoxy groups -OCH3 is 1. The SMILES string of the molecule is COc1cccc2ccc(C3CCNCC3)cc12. The van der Waals surface area contributed by atoms with E-state index in [4.69, 9.17) is 4.74 Å². The van der Waals surface area contributed by atoms with E-state index in [0.29, 0.717) is 5.92 Å². The molecule has 1 aliphatic heterocycles. The zero-order valence-electron chi connectivity index (χ0n) is 10.8. The number of ether oxygens (including phenoxy) is 1. The number of hydrogen-bond donors (Lipinski definition) is 1. The minimum Gasteiger partial charge on any atom is -0.496 e. The highest BCUT2D eigenvalue weighted by Crippen LogP contribution is 2.31. The first-order chi connectivity index (χ1) is 8.88. The Morgan fingerprint density at radius 1 is 1.11 bits per heavy atom. The number of nitrogens with one attached hydrogen (secondary N) is 1. The van der Waals surface area contributed by atoms with Crippen LogP contribution in [0.25, 0.3) is 10.8 Å². The normalized spacial score (nSPS) is 16.9. The van der Waals surface area contributed by atoms with Gasteiger partial charge in [-0.2, -0.15) is 0 Å². The largest absolute Gasteiger partial charge is 0.496 e. The molecular formula is C16H19NO. The number of hydrogen-bond acceptors (Lipinski definition) is 2. The van der Waals surface area contributed by atoms with E-state index < -0.39 is 0 Å². The van der Waals surface area contributed by atoms with Crippen LogP contribution >= 0.6 is 0 Å². The van der Waals surface area contributed by atoms with Crippen molar-refractivity contribution >= 4 is 10.8 Å². The lowest BCUT2D eigenvalue weighted by Crippen LogP contribution is -2.26. The first-order valence-corrected chi connectivity index (χ1v) is 6.66. The minimum absolute atomic E-state index is 0.695. The van der Waals surface area contributed by atoms with Gasteiger partial charge in [-0.05, 0) is 54.9 Å². The second-order valence-electron chi connectivity index (χ2n) is 4.97. The third kappa shape index (κ3) is 2.08. The zero-order valence-corrected chi connectivity index (χ0v) is 10.8. The molecule has 0 spiro atoms. The number of rotatable bonds is 2. The van der Waals surface area contributed by atoms with Crippen LogP contribution in [0.5, 0.6) is 5.75 Å². The van der Waals surface area contributed by atoms with Crippen LogP contribution in [0, 0.1) is 0 Å². The highest BCUT2D eigenvalue weighted by atomic mass is 16.5. The van der Waals surface area contributed by atoms with Gasteiger partial charge in [0.2, 0.25) is 0 Å². The Morgan fingerprint density at radius 2 is 1.94 bits per heavy atom. The second-order valence-corrected chi connectivity index (χ2v) is 4.97. The van der Waals surface area contributed by atoms with Gasteiger partial charge in [0.25, 0.3) is 0 Å². The van der Waals surface area contributed by atoms with E-state index in [9.17, 15) is 0 Å². The van der Waals surface area contributed by atoms with Crippen molar-refractivity contribution in [3.63, 3.8) is 0 Å². The summed E-state index contributed by atoms with van der Waals surface area (Å²) < 4.78 is 5.46. The fourth-order valence-electron chi connectivity index (χ4n) is 2.85. The second kappa shape index (κ2) is 4.99. The molecule has 0 aromatic heterocycles. The van der Waals surface area contributed by atoms with E-state index in [2.05, 4.69) is 29.6 Å². The summed E-state index contributed by atoms with van der Waals surface area (Å²) in [5.74, 6) is 1.67. The molecule has 1 heterocycles. The van der Waals surface area contributed by atoms with Crippen molar-refractivity contribution in [2.75, 3.05) is 20.2 Å². The molecule has 0 saturated carbocycles. The smallest absolute Gasteiger partial charge is 0.126 e. The molecule has 0 atom stereocenters. The molecule has 2 nitrogen and oxygen atoms in total. The van der Waals surface area contributed by atoms with E-state index in [1.165, 1.54) is 29.2 Å². The Kier molecular flexibility index (Phi) is 3.20. The molecule has 1 fully saturated rings. The van der Waals surface area contributed by atoms with Crippen molar-refractivity contribution in [3.8, 4) is 5.75 Å². The van der Waals surface area contributed by atoms with Crippen LogP contribution in [-0.2, 0) is 0 Å². The maximum absolute atomic E-state index is 5.46. The third-order valence-corrected chi connectivity index (χ3v) is 3.90. The van der Waals surface area contributed by atoms with Gasteiger partial charge in [0.1, 0.15) is 5.75 Å². The van der Waals surface area contributed by atoms with Crippen molar-refractivity contribution in [1.82, 2.24) is 5.32 Å². The molecule has 2 heteroatoms. The average Bonchev–Trinajstić information content (AvgIpc) is 2.47. The van der Waals surface area contributed by atoms with Crippen LogP contribution in [0.15, 0.2) is 36.4 Å². The quantitative estimate of drug-likeness (QED) is 0.871. The van der Waals surface area contributed by atoms with Crippen LogP contribution < -0.4 is 10.1 Å². The summed E-state index contributed by atoms with van der Waals surface area (Å²) in [4.78, 5) is 0. The molecule has 2 aromatic carbocycles. The Balaban J connectivity index is 2.03. The van der Waals surface area contributed by atoms with E-state index in [-0.39, 0.29) is 0 Å². The predicted octanol–water partition coefficient (Wildman–Crippen LogP) is 3.32. The van der Waals surface area contributed by atoms with Crippen molar-refractivity contribution in [2.45, 2.75) is 18.8 Å².